The van der Waals surface area contributed by atoms with E-state index < -0.39 is 11.7 Å². The van der Waals surface area contributed by atoms with Gasteiger partial charge in [-0.05, 0) is 54.4 Å². The van der Waals surface area contributed by atoms with Crippen LogP contribution in [0, 0.1) is 5.82 Å². The molecule has 6 heteroatoms. The summed E-state index contributed by atoms with van der Waals surface area (Å²) in [7, 11) is 1.56. The molecule has 126 valence electrons. The molecule has 0 saturated carbocycles. The van der Waals surface area contributed by atoms with Crippen LogP contribution in [0.15, 0.2) is 47.6 Å². The number of benzene rings is 2. The molecule has 0 aliphatic carbocycles. The maximum atomic E-state index is 12.8. The molecule has 0 spiro atoms. The lowest BCUT2D eigenvalue weighted by molar-refractivity contribution is 0.0955. The van der Waals surface area contributed by atoms with Gasteiger partial charge in [0.15, 0.2) is 11.5 Å². The average molecular weight is 330 g/mol. The molecule has 0 atom stereocenters. The monoisotopic (exact) mass is 330 g/mol. The summed E-state index contributed by atoms with van der Waals surface area (Å²) in [6.07, 6.45) is 2.40. The smallest absolute Gasteiger partial charge is 0.271 e. The second-order valence-corrected chi connectivity index (χ2v) is 4.96. The summed E-state index contributed by atoms with van der Waals surface area (Å²) in [5, 5.41) is 3.89. The van der Waals surface area contributed by atoms with Gasteiger partial charge in [-0.3, -0.25) is 4.79 Å². The number of hydrogen-bond donors (Lipinski definition) is 1. The van der Waals surface area contributed by atoms with Crippen molar-refractivity contribution in [1.82, 2.24) is 5.43 Å². The number of rotatable bonds is 7. The standard InChI is InChI=1S/C18H19FN2O3/c1-3-10-24-16-9-4-13(11-17(16)23-2)12-20-21-18(22)14-5-7-15(19)8-6-14/h4-9,11-12H,3,10H2,1-2H3,(H,21,22)/b20-12+. The van der Waals surface area contributed by atoms with Crippen molar-refractivity contribution in [2.45, 2.75) is 13.3 Å². The Morgan fingerprint density at radius 3 is 2.62 bits per heavy atom. The lowest BCUT2D eigenvalue weighted by Crippen LogP contribution is -2.17. The summed E-state index contributed by atoms with van der Waals surface area (Å²) in [5.41, 5.74) is 3.46. The number of carbonyl (C=O) groups is 1. The van der Waals surface area contributed by atoms with E-state index in [4.69, 9.17) is 9.47 Å². The van der Waals surface area contributed by atoms with E-state index in [0.717, 1.165) is 12.0 Å². The summed E-state index contributed by atoms with van der Waals surface area (Å²) in [5.74, 6) is 0.442. The van der Waals surface area contributed by atoms with Gasteiger partial charge < -0.3 is 9.47 Å². The van der Waals surface area contributed by atoms with Gasteiger partial charge >= 0.3 is 0 Å². The van der Waals surface area contributed by atoms with Crippen LogP contribution in [-0.4, -0.2) is 25.8 Å². The van der Waals surface area contributed by atoms with Crippen molar-refractivity contribution in [2.75, 3.05) is 13.7 Å². The number of ether oxygens (including phenoxy) is 2. The van der Waals surface area contributed by atoms with Crippen LogP contribution in [-0.2, 0) is 0 Å². The van der Waals surface area contributed by atoms with Crippen LogP contribution in [0.4, 0.5) is 4.39 Å². The fourth-order valence-corrected chi connectivity index (χ4v) is 1.93. The van der Waals surface area contributed by atoms with Crippen LogP contribution in [0.1, 0.15) is 29.3 Å². The molecule has 24 heavy (non-hydrogen) atoms. The average Bonchev–Trinajstić information content (AvgIpc) is 2.60. The van der Waals surface area contributed by atoms with Crippen LogP contribution >= 0.6 is 0 Å². The van der Waals surface area contributed by atoms with Crippen molar-refractivity contribution in [3.8, 4) is 11.5 Å². The fraction of sp³-hybridized carbons (Fsp3) is 0.222. The minimum Gasteiger partial charge on any atom is -0.493 e. The molecule has 1 N–H and O–H groups in total. The largest absolute Gasteiger partial charge is 0.493 e. The lowest BCUT2D eigenvalue weighted by atomic mass is 10.2. The molecule has 2 rings (SSSR count). The summed E-state index contributed by atoms with van der Waals surface area (Å²) < 4.78 is 23.7. The van der Waals surface area contributed by atoms with E-state index in [1.54, 1.807) is 25.3 Å². The first-order chi connectivity index (χ1) is 11.6. The number of nitrogens with one attached hydrogen (secondary N) is 1. The first-order valence-corrected chi connectivity index (χ1v) is 7.54. The third-order valence-corrected chi connectivity index (χ3v) is 3.14. The highest BCUT2D eigenvalue weighted by molar-refractivity contribution is 5.94. The zero-order valence-electron chi connectivity index (χ0n) is 13.6. The Morgan fingerprint density at radius 1 is 1.21 bits per heavy atom. The zero-order valence-corrected chi connectivity index (χ0v) is 13.6. The maximum absolute atomic E-state index is 12.8. The van der Waals surface area contributed by atoms with E-state index in [0.29, 0.717) is 23.7 Å². The summed E-state index contributed by atoms with van der Waals surface area (Å²) in [6.45, 7) is 2.63. The number of amides is 1. The molecule has 2 aromatic rings. The Bertz CT molecular complexity index is 715. The molecule has 0 unspecified atom stereocenters. The topological polar surface area (TPSA) is 59.9 Å². The predicted molar refractivity (Wildman–Crippen MR) is 90.2 cm³/mol. The van der Waals surface area contributed by atoms with Crippen molar-refractivity contribution >= 4 is 12.1 Å². The Balaban J connectivity index is 2.00. The zero-order chi connectivity index (χ0) is 17.4. The highest BCUT2D eigenvalue weighted by atomic mass is 19.1. The highest BCUT2D eigenvalue weighted by Gasteiger charge is 2.06. The van der Waals surface area contributed by atoms with Gasteiger partial charge in [0.1, 0.15) is 5.82 Å². The normalized spacial score (nSPS) is 10.6. The molecule has 0 saturated heterocycles. The SMILES string of the molecule is CCCOc1ccc(/C=N/NC(=O)c2ccc(F)cc2)cc1OC. The number of hydrazone groups is 1. The molecule has 2 aromatic carbocycles. The molecular formula is C18H19FN2O3. The molecule has 0 aliphatic heterocycles. The molecule has 0 bridgehead atoms. The molecule has 0 heterocycles. The molecule has 0 radical (unpaired) electrons. The Morgan fingerprint density at radius 2 is 1.96 bits per heavy atom. The van der Waals surface area contributed by atoms with Gasteiger partial charge in [0.2, 0.25) is 0 Å². The van der Waals surface area contributed by atoms with Crippen molar-refractivity contribution in [1.29, 1.82) is 0 Å². The van der Waals surface area contributed by atoms with Gasteiger partial charge in [0, 0.05) is 5.56 Å². The number of halogens is 1. The number of carbonyl (C=O) groups excluding carboxylic acids is 1. The van der Waals surface area contributed by atoms with Crippen molar-refractivity contribution < 1.29 is 18.7 Å². The molecule has 0 fully saturated rings. The van der Waals surface area contributed by atoms with Crippen molar-refractivity contribution in [3.63, 3.8) is 0 Å². The number of nitrogens with zero attached hydrogens (tertiary/aromatic N) is 1. The van der Waals surface area contributed by atoms with E-state index in [9.17, 15) is 9.18 Å². The van der Waals surface area contributed by atoms with Gasteiger partial charge in [0.25, 0.3) is 5.91 Å². The van der Waals surface area contributed by atoms with E-state index in [1.165, 1.54) is 30.5 Å². The van der Waals surface area contributed by atoms with Crippen LogP contribution in [0.3, 0.4) is 0 Å². The lowest BCUT2D eigenvalue weighted by Gasteiger charge is -2.10. The number of methoxy groups -OCH3 is 1. The maximum Gasteiger partial charge on any atom is 0.271 e. The third kappa shape index (κ3) is 4.81. The van der Waals surface area contributed by atoms with Gasteiger partial charge in [-0.15, -0.1) is 0 Å². The Kier molecular flexibility index (Phi) is 6.31. The first-order valence-electron chi connectivity index (χ1n) is 7.54. The minimum absolute atomic E-state index is 0.328. The van der Waals surface area contributed by atoms with Gasteiger partial charge in [-0.2, -0.15) is 5.10 Å². The fourth-order valence-electron chi connectivity index (χ4n) is 1.93. The quantitative estimate of drug-likeness (QED) is 0.625. The molecule has 0 aliphatic rings. The van der Waals surface area contributed by atoms with Crippen LogP contribution in [0.5, 0.6) is 11.5 Å². The summed E-state index contributed by atoms with van der Waals surface area (Å²) in [6, 6.07) is 10.6. The van der Waals surface area contributed by atoms with E-state index >= 15 is 0 Å². The van der Waals surface area contributed by atoms with Gasteiger partial charge in [-0.1, -0.05) is 6.92 Å². The Labute approximate surface area is 140 Å². The molecular weight excluding hydrogens is 311 g/mol. The van der Waals surface area contributed by atoms with Crippen LogP contribution in [0.2, 0.25) is 0 Å². The molecule has 1 amide bonds. The highest BCUT2D eigenvalue weighted by Crippen LogP contribution is 2.27. The molecule has 0 aromatic heterocycles. The van der Waals surface area contributed by atoms with Crippen LogP contribution < -0.4 is 14.9 Å². The molecule has 5 nitrogen and oxygen atoms in total. The minimum atomic E-state index is -0.416. The van der Waals surface area contributed by atoms with Crippen LogP contribution in [0.25, 0.3) is 0 Å². The predicted octanol–water partition coefficient (Wildman–Crippen LogP) is 3.39. The van der Waals surface area contributed by atoms with E-state index in [2.05, 4.69) is 10.5 Å². The first kappa shape index (κ1) is 17.5. The van der Waals surface area contributed by atoms with Gasteiger partial charge in [0.05, 0.1) is 19.9 Å². The summed E-state index contributed by atoms with van der Waals surface area (Å²) >= 11 is 0. The number of hydrogen-bond acceptors (Lipinski definition) is 4. The van der Waals surface area contributed by atoms with E-state index in [1.807, 2.05) is 6.92 Å². The third-order valence-electron chi connectivity index (χ3n) is 3.14. The Hall–Kier alpha value is -2.89. The van der Waals surface area contributed by atoms with Crippen molar-refractivity contribution in [2.24, 2.45) is 5.10 Å². The second-order valence-electron chi connectivity index (χ2n) is 4.96. The van der Waals surface area contributed by atoms with E-state index in [-0.39, 0.29) is 0 Å². The van der Waals surface area contributed by atoms with Crippen molar-refractivity contribution in [3.05, 3.63) is 59.4 Å². The summed E-state index contributed by atoms with van der Waals surface area (Å²) in [4.78, 5) is 11.8. The van der Waals surface area contributed by atoms with Gasteiger partial charge in [-0.25, -0.2) is 9.82 Å². The second kappa shape index (κ2) is 8.67.